The number of sulfonamides is 1. The molecule has 1 saturated heterocycles. The highest BCUT2D eigenvalue weighted by Crippen LogP contribution is 2.35. The first kappa shape index (κ1) is 22.8. The molecule has 1 aliphatic heterocycles. The van der Waals surface area contributed by atoms with Crippen LogP contribution in [0.1, 0.15) is 24.3 Å². The van der Waals surface area contributed by atoms with Gasteiger partial charge < -0.3 is 9.72 Å². The minimum absolute atomic E-state index is 0.211. The molecule has 0 bridgehead atoms. The number of hydrogen-bond acceptors (Lipinski definition) is 3. The normalized spacial score (nSPS) is 16.6. The molecule has 0 radical (unpaired) electrons. The number of halogens is 3. The fourth-order valence-electron chi connectivity index (χ4n) is 4.22. The van der Waals surface area contributed by atoms with Gasteiger partial charge in [0.1, 0.15) is 6.61 Å². The Labute approximate surface area is 185 Å². The van der Waals surface area contributed by atoms with Crippen LogP contribution in [0.5, 0.6) is 0 Å². The number of aromatic nitrogens is 1. The van der Waals surface area contributed by atoms with E-state index in [-0.39, 0.29) is 5.92 Å². The van der Waals surface area contributed by atoms with Crippen LogP contribution < -0.4 is 0 Å². The molecule has 0 aliphatic carbocycles. The van der Waals surface area contributed by atoms with Gasteiger partial charge in [-0.2, -0.15) is 13.2 Å². The predicted molar refractivity (Wildman–Crippen MR) is 118 cm³/mol. The number of aromatic amines is 1. The Balaban J connectivity index is 1.41. The molecular weight excluding hydrogens is 441 g/mol. The maximum atomic E-state index is 12.5. The molecule has 0 atom stereocenters. The number of H-pyrrole nitrogens is 1. The van der Waals surface area contributed by atoms with Crippen LogP contribution in [0, 0.1) is 0 Å². The lowest BCUT2D eigenvalue weighted by Gasteiger charge is -2.31. The van der Waals surface area contributed by atoms with Crippen molar-refractivity contribution in [2.75, 3.05) is 32.1 Å². The van der Waals surface area contributed by atoms with Crippen LogP contribution >= 0.6 is 0 Å². The molecular formula is C23H25F3N2O3S. The Bertz CT molecular complexity index is 1150. The maximum Gasteiger partial charge on any atom is 0.411 e. The zero-order chi connectivity index (χ0) is 22.8. The minimum Gasteiger partial charge on any atom is -0.371 e. The lowest BCUT2D eigenvalue weighted by atomic mass is 9.89. The molecule has 1 N–H and O–H groups in total. The van der Waals surface area contributed by atoms with Gasteiger partial charge >= 0.3 is 6.18 Å². The van der Waals surface area contributed by atoms with Crippen molar-refractivity contribution in [2.45, 2.75) is 24.9 Å². The van der Waals surface area contributed by atoms with Crippen molar-refractivity contribution in [2.24, 2.45) is 0 Å². The second-order valence-electron chi connectivity index (χ2n) is 8.03. The summed E-state index contributed by atoms with van der Waals surface area (Å²) >= 11 is 0. The van der Waals surface area contributed by atoms with Crippen molar-refractivity contribution in [3.05, 3.63) is 60.3 Å². The number of alkyl halides is 3. The van der Waals surface area contributed by atoms with Crippen LogP contribution in [-0.2, 0) is 14.8 Å². The molecule has 1 aromatic heterocycles. The monoisotopic (exact) mass is 466 g/mol. The first-order valence-electron chi connectivity index (χ1n) is 10.5. The van der Waals surface area contributed by atoms with Crippen LogP contribution in [0.15, 0.2) is 54.7 Å². The zero-order valence-electron chi connectivity index (χ0n) is 17.4. The van der Waals surface area contributed by atoms with Crippen molar-refractivity contribution in [3.63, 3.8) is 0 Å². The molecule has 0 amide bonds. The average Bonchev–Trinajstić information content (AvgIpc) is 3.20. The Morgan fingerprint density at radius 3 is 2.44 bits per heavy atom. The predicted octanol–water partition coefficient (Wildman–Crippen LogP) is 4.92. The highest BCUT2D eigenvalue weighted by Gasteiger charge is 2.31. The number of hydrogen-bond donors (Lipinski definition) is 1. The van der Waals surface area contributed by atoms with Gasteiger partial charge in [0, 0.05) is 30.2 Å². The fourth-order valence-corrected chi connectivity index (χ4v) is 5.57. The molecule has 2 aromatic carbocycles. The van der Waals surface area contributed by atoms with Crippen molar-refractivity contribution in [3.8, 4) is 11.1 Å². The SMILES string of the molecule is O=S(=O)(CCOCC(F)(F)F)N1CCC(c2c[nH]c3ccc(-c4ccccc4)cc23)CC1. The molecule has 4 rings (SSSR count). The van der Waals surface area contributed by atoms with Crippen molar-refractivity contribution < 1.29 is 26.3 Å². The molecule has 1 fully saturated rings. The number of ether oxygens (including phenoxy) is 1. The van der Waals surface area contributed by atoms with E-state index in [0.717, 1.165) is 22.0 Å². The quantitative estimate of drug-likeness (QED) is 0.503. The summed E-state index contributed by atoms with van der Waals surface area (Å²) in [4.78, 5) is 3.31. The van der Waals surface area contributed by atoms with Gasteiger partial charge in [-0.25, -0.2) is 12.7 Å². The van der Waals surface area contributed by atoms with E-state index in [2.05, 4.69) is 40.1 Å². The van der Waals surface area contributed by atoms with Gasteiger partial charge in [0.15, 0.2) is 0 Å². The molecule has 5 nitrogen and oxygen atoms in total. The van der Waals surface area contributed by atoms with Crippen molar-refractivity contribution >= 4 is 20.9 Å². The Morgan fingerprint density at radius 1 is 1.03 bits per heavy atom. The van der Waals surface area contributed by atoms with E-state index in [4.69, 9.17) is 0 Å². The standard InChI is InChI=1S/C23H25F3N2O3S/c24-23(25,26)16-31-12-13-32(29,30)28-10-8-18(9-11-28)21-15-27-22-7-6-19(14-20(21)22)17-4-2-1-3-5-17/h1-7,14-15,18,27H,8-13,16H2. The van der Waals surface area contributed by atoms with Gasteiger partial charge in [0.2, 0.25) is 10.0 Å². The largest absolute Gasteiger partial charge is 0.411 e. The molecule has 0 spiro atoms. The molecule has 2 heterocycles. The Morgan fingerprint density at radius 2 is 1.75 bits per heavy atom. The topological polar surface area (TPSA) is 62.4 Å². The Hall–Kier alpha value is -2.36. The van der Waals surface area contributed by atoms with Crippen molar-refractivity contribution in [1.82, 2.24) is 9.29 Å². The summed E-state index contributed by atoms with van der Waals surface area (Å²) in [5.41, 5.74) is 4.47. The highest BCUT2D eigenvalue weighted by atomic mass is 32.2. The van der Waals surface area contributed by atoms with E-state index in [1.807, 2.05) is 24.4 Å². The number of nitrogens with zero attached hydrogens (tertiary/aromatic N) is 1. The summed E-state index contributed by atoms with van der Waals surface area (Å²) in [6.45, 7) is -1.21. The molecule has 3 aromatic rings. The third kappa shape index (κ3) is 5.33. The lowest BCUT2D eigenvalue weighted by Crippen LogP contribution is -2.40. The third-order valence-corrected chi connectivity index (χ3v) is 7.69. The number of rotatable bonds is 7. The number of piperidine rings is 1. The molecule has 1 aliphatic rings. The first-order valence-corrected chi connectivity index (χ1v) is 12.1. The van der Waals surface area contributed by atoms with E-state index < -0.39 is 35.2 Å². The van der Waals surface area contributed by atoms with E-state index in [1.54, 1.807) is 0 Å². The summed E-state index contributed by atoms with van der Waals surface area (Å²) in [6.07, 6.45) is -1.14. The van der Waals surface area contributed by atoms with Crippen molar-refractivity contribution in [1.29, 1.82) is 0 Å². The second-order valence-corrected chi connectivity index (χ2v) is 10.1. The van der Waals surface area contributed by atoms with E-state index >= 15 is 0 Å². The van der Waals surface area contributed by atoms with Crippen LogP contribution in [0.4, 0.5) is 13.2 Å². The van der Waals surface area contributed by atoms with Gasteiger partial charge in [0.25, 0.3) is 0 Å². The van der Waals surface area contributed by atoms with Crippen LogP contribution in [0.2, 0.25) is 0 Å². The van der Waals surface area contributed by atoms with Gasteiger partial charge in [0.05, 0.1) is 12.4 Å². The van der Waals surface area contributed by atoms with Gasteiger partial charge in [-0.1, -0.05) is 36.4 Å². The summed E-state index contributed by atoms with van der Waals surface area (Å²) in [7, 11) is -3.65. The van der Waals surface area contributed by atoms with Crippen LogP contribution in [-0.4, -0.2) is 55.9 Å². The van der Waals surface area contributed by atoms with Gasteiger partial charge in [-0.3, -0.25) is 0 Å². The number of nitrogens with one attached hydrogen (secondary N) is 1. The summed E-state index contributed by atoms with van der Waals surface area (Å²) < 4.78 is 67.2. The molecule has 0 saturated carbocycles. The zero-order valence-corrected chi connectivity index (χ0v) is 18.3. The fraction of sp³-hybridized carbons (Fsp3) is 0.391. The smallest absolute Gasteiger partial charge is 0.371 e. The second kappa shape index (κ2) is 9.25. The molecule has 0 unspecified atom stereocenters. The Kier molecular flexibility index (Phi) is 6.60. The third-order valence-electron chi connectivity index (χ3n) is 5.86. The van der Waals surface area contributed by atoms with E-state index in [1.165, 1.54) is 9.87 Å². The molecule has 9 heteroatoms. The minimum atomic E-state index is -4.46. The number of benzene rings is 2. The van der Waals surface area contributed by atoms with E-state index in [9.17, 15) is 21.6 Å². The van der Waals surface area contributed by atoms with Gasteiger partial charge in [-0.05, 0) is 47.6 Å². The molecule has 172 valence electrons. The average molecular weight is 467 g/mol. The van der Waals surface area contributed by atoms with Gasteiger partial charge in [-0.15, -0.1) is 0 Å². The highest BCUT2D eigenvalue weighted by molar-refractivity contribution is 7.89. The molecule has 32 heavy (non-hydrogen) atoms. The summed E-state index contributed by atoms with van der Waals surface area (Å²) in [5, 5.41) is 1.13. The maximum absolute atomic E-state index is 12.5. The number of fused-ring (bicyclic) bond motifs is 1. The summed E-state index contributed by atoms with van der Waals surface area (Å²) in [6, 6.07) is 16.4. The van der Waals surface area contributed by atoms with Crippen LogP contribution in [0.3, 0.4) is 0 Å². The van der Waals surface area contributed by atoms with E-state index in [0.29, 0.717) is 25.9 Å². The van der Waals surface area contributed by atoms with Crippen LogP contribution in [0.25, 0.3) is 22.0 Å². The summed E-state index contributed by atoms with van der Waals surface area (Å²) in [5.74, 6) is -0.232. The lowest BCUT2D eigenvalue weighted by molar-refractivity contribution is -0.172. The first-order chi connectivity index (χ1) is 15.2.